The molecule has 0 saturated carbocycles. The molecule has 0 aromatic heterocycles. The van der Waals surface area contributed by atoms with Gasteiger partial charge in [0.05, 0.1) is 5.69 Å². The Labute approximate surface area is 140 Å². The minimum atomic E-state index is -1.71. The molecule has 1 spiro atoms. The molecule has 1 fully saturated rings. The van der Waals surface area contributed by atoms with Crippen molar-refractivity contribution in [3.63, 3.8) is 0 Å². The maximum Gasteiger partial charge on any atom is 0.418 e. The first-order valence-corrected chi connectivity index (χ1v) is 7.37. The standard InChI is InChI=1S/C15H14FN3O6/c1-17-13(23)18-10-4-7-2-3-15(8(7)5-9(10)16)12(22)19(6-11(20)21)14(24)25-15/h4-5H,2-3,6H2,1H3,(H,20,21)(H2,17,18,23)/t15-/m1/s1. The number of imide groups is 1. The average molecular weight is 351 g/mol. The van der Waals surface area contributed by atoms with Crippen molar-refractivity contribution >= 4 is 29.7 Å². The van der Waals surface area contributed by atoms with Gasteiger partial charge in [-0.25, -0.2) is 18.9 Å². The van der Waals surface area contributed by atoms with Crippen LogP contribution in [0.1, 0.15) is 17.5 Å². The maximum atomic E-state index is 14.3. The molecule has 1 atom stereocenters. The molecule has 3 rings (SSSR count). The van der Waals surface area contributed by atoms with Crippen LogP contribution in [0.5, 0.6) is 0 Å². The second-order valence-electron chi connectivity index (χ2n) is 5.67. The number of halogens is 1. The zero-order valence-corrected chi connectivity index (χ0v) is 13.1. The van der Waals surface area contributed by atoms with E-state index in [2.05, 4.69) is 10.6 Å². The number of hydrogen-bond donors (Lipinski definition) is 3. The van der Waals surface area contributed by atoms with E-state index in [9.17, 15) is 23.6 Å². The van der Waals surface area contributed by atoms with Crippen LogP contribution in [-0.2, 0) is 26.3 Å². The molecule has 1 aromatic carbocycles. The third-order valence-corrected chi connectivity index (χ3v) is 4.22. The number of carbonyl (C=O) groups is 4. The van der Waals surface area contributed by atoms with Crippen LogP contribution in [0.15, 0.2) is 12.1 Å². The van der Waals surface area contributed by atoms with Gasteiger partial charge >= 0.3 is 18.1 Å². The highest BCUT2D eigenvalue weighted by Crippen LogP contribution is 2.46. The minimum absolute atomic E-state index is 0.0747. The Bertz CT molecular complexity index is 811. The molecule has 1 heterocycles. The lowest BCUT2D eigenvalue weighted by atomic mass is 9.94. The Morgan fingerprint density at radius 2 is 2.12 bits per heavy atom. The number of carboxylic acids is 1. The van der Waals surface area contributed by atoms with Gasteiger partial charge in [0.1, 0.15) is 12.4 Å². The van der Waals surface area contributed by atoms with E-state index >= 15 is 0 Å². The van der Waals surface area contributed by atoms with Crippen LogP contribution >= 0.6 is 0 Å². The number of hydrogen-bond acceptors (Lipinski definition) is 5. The predicted octanol–water partition coefficient (Wildman–Crippen LogP) is 0.782. The lowest BCUT2D eigenvalue weighted by molar-refractivity contribution is -0.144. The molecular formula is C15H14FN3O6. The number of nitrogens with one attached hydrogen (secondary N) is 2. The van der Waals surface area contributed by atoms with Crippen molar-refractivity contribution in [3.05, 3.63) is 29.1 Å². The Morgan fingerprint density at radius 1 is 1.40 bits per heavy atom. The first kappa shape index (κ1) is 16.7. The number of urea groups is 1. The van der Waals surface area contributed by atoms with Crippen LogP contribution in [0.25, 0.3) is 0 Å². The van der Waals surface area contributed by atoms with Gasteiger partial charge in [-0.15, -0.1) is 0 Å². The first-order valence-electron chi connectivity index (χ1n) is 7.37. The molecule has 0 radical (unpaired) electrons. The topological polar surface area (TPSA) is 125 Å². The normalized spacial score (nSPS) is 21.3. The number of ether oxygens (including phenoxy) is 1. The monoisotopic (exact) mass is 351 g/mol. The number of benzene rings is 1. The van der Waals surface area contributed by atoms with E-state index in [4.69, 9.17) is 9.84 Å². The van der Waals surface area contributed by atoms with Gasteiger partial charge in [-0.3, -0.25) is 9.59 Å². The van der Waals surface area contributed by atoms with E-state index in [0.717, 1.165) is 6.07 Å². The van der Waals surface area contributed by atoms with E-state index in [-0.39, 0.29) is 17.7 Å². The number of amides is 4. The Morgan fingerprint density at radius 3 is 2.76 bits per heavy atom. The number of anilines is 1. The summed E-state index contributed by atoms with van der Waals surface area (Å²) in [6.45, 7) is -0.826. The molecule has 132 valence electrons. The van der Waals surface area contributed by atoms with E-state index in [1.165, 1.54) is 13.1 Å². The Hall–Kier alpha value is -3.17. The van der Waals surface area contributed by atoms with E-state index in [0.29, 0.717) is 16.9 Å². The summed E-state index contributed by atoms with van der Waals surface area (Å²) < 4.78 is 19.5. The minimum Gasteiger partial charge on any atom is -0.480 e. The molecular weight excluding hydrogens is 337 g/mol. The summed E-state index contributed by atoms with van der Waals surface area (Å²) in [6, 6.07) is 1.79. The van der Waals surface area contributed by atoms with Gasteiger partial charge < -0.3 is 20.5 Å². The van der Waals surface area contributed by atoms with E-state index in [1.54, 1.807) is 0 Å². The van der Waals surface area contributed by atoms with Gasteiger partial charge in [0.15, 0.2) is 0 Å². The molecule has 10 heteroatoms. The van der Waals surface area contributed by atoms with Crippen molar-refractivity contribution in [2.75, 3.05) is 18.9 Å². The van der Waals surface area contributed by atoms with Crippen LogP contribution < -0.4 is 10.6 Å². The quantitative estimate of drug-likeness (QED) is 0.739. The van der Waals surface area contributed by atoms with Crippen molar-refractivity contribution in [1.82, 2.24) is 10.2 Å². The Kier molecular flexibility index (Phi) is 3.82. The number of fused-ring (bicyclic) bond motifs is 2. The number of aryl methyl sites for hydroxylation is 1. The van der Waals surface area contributed by atoms with E-state index in [1.807, 2.05) is 0 Å². The molecule has 4 amide bonds. The molecule has 1 aromatic rings. The highest BCUT2D eigenvalue weighted by molar-refractivity contribution is 6.06. The van der Waals surface area contributed by atoms with Gasteiger partial charge in [-0.2, -0.15) is 0 Å². The SMILES string of the molecule is CNC(=O)Nc1cc2c(cc1F)[C@@]1(CC2)OC(=O)N(CC(=O)O)C1=O. The fourth-order valence-electron chi connectivity index (χ4n) is 3.08. The summed E-state index contributed by atoms with van der Waals surface area (Å²) in [5.74, 6) is -2.99. The van der Waals surface area contributed by atoms with Crippen molar-refractivity contribution in [2.24, 2.45) is 0 Å². The van der Waals surface area contributed by atoms with Crippen LogP contribution in [0.2, 0.25) is 0 Å². The van der Waals surface area contributed by atoms with Crippen LogP contribution in [0.3, 0.4) is 0 Å². The Balaban J connectivity index is 1.98. The highest BCUT2D eigenvalue weighted by Gasteiger charge is 2.58. The summed E-state index contributed by atoms with van der Waals surface area (Å²) >= 11 is 0. The van der Waals surface area contributed by atoms with Crippen LogP contribution in [0, 0.1) is 5.82 Å². The largest absolute Gasteiger partial charge is 0.480 e. The summed E-state index contributed by atoms with van der Waals surface area (Å²) in [5.41, 5.74) is -1.09. The smallest absolute Gasteiger partial charge is 0.418 e. The second kappa shape index (κ2) is 5.72. The van der Waals surface area contributed by atoms with Crippen molar-refractivity contribution in [3.8, 4) is 0 Å². The van der Waals surface area contributed by atoms with Crippen molar-refractivity contribution in [2.45, 2.75) is 18.4 Å². The average Bonchev–Trinajstić information content (AvgIpc) is 3.01. The van der Waals surface area contributed by atoms with Crippen molar-refractivity contribution in [1.29, 1.82) is 0 Å². The fourth-order valence-corrected chi connectivity index (χ4v) is 3.08. The van der Waals surface area contributed by atoms with Gasteiger partial charge in [0, 0.05) is 19.0 Å². The summed E-state index contributed by atoms with van der Waals surface area (Å²) in [5, 5.41) is 13.4. The number of aliphatic carboxylic acids is 1. The molecule has 2 aliphatic rings. The van der Waals surface area contributed by atoms with Crippen LogP contribution in [0.4, 0.5) is 19.7 Å². The molecule has 1 saturated heterocycles. The number of nitrogens with zero attached hydrogens (tertiary/aromatic N) is 1. The zero-order valence-electron chi connectivity index (χ0n) is 13.1. The molecule has 25 heavy (non-hydrogen) atoms. The van der Waals surface area contributed by atoms with Crippen LogP contribution in [-0.4, -0.2) is 47.6 Å². The summed E-state index contributed by atoms with van der Waals surface area (Å²) in [6.07, 6.45) is -0.697. The molecule has 1 aliphatic heterocycles. The predicted molar refractivity (Wildman–Crippen MR) is 80.3 cm³/mol. The first-order chi connectivity index (χ1) is 11.8. The lowest BCUT2D eigenvalue weighted by Crippen LogP contribution is -2.39. The zero-order chi connectivity index (χ0) is 18.4. The third kappa shape index (κ3) is 2.55. The maximum absolute atomic E-state index is 14.3. The molecule has 0 unspecified atom stereocenters. The third-order valence-electron chi connectivity index (χ3n) is 4.22. The number of carboxylic acid groups (broad SMARTS) is 1. The molecule has 9 nitrogen and oxygen atoms in total. The summed E-state index contributed by atoms with van der Waals surface area (Å²) in [4.78, 5) is 47.1. The van der Waals surface area contributed by atoms with Crippen molar-refractivity contribution < 1.29 is 33.4 Å². The van der Waals surface area contributed by atoms with Gasteiger partial charge in [0.2, 0.25) is 5.60 Å². The van der Waals surface area contributed by atoms with Gasteiger partial charge in [-0.1, -0.05) is 0 Å². The second-order valence-corrected chi connectivity index (χ2v) is 5.67. The molecule has 0 bridgehead atoms. The van der Waals surface area contributed by atoms with Gasteiger partial charge in [0.25, 0.3) is 5.91 Å². The summed E-state index contributed by atoms with van der Waals surface area (Å²) in [7, 11) is 1.38. The highest BCUT2D eigenvalue weighted by atomic mass is 19.1. The molecule has 3 N–H and O–H groups in total. The van der Waals surface area contributed by atoms with Gasteiger partial charge in [-0.05, 0) is 24.1 Å². The number of carbonyl (C=O) groups excluding carboxylic acids is 3. The fraction of sp³-hybridized carbons (Fsp3) is 0.333. The van der Waals surface area contributed by atoms with E-state index < -0.39 is 42.0 Å². The molecule has 1 aliphatic carbocycles. The number of rotatable bonds is 3. The lowest BCUT2D eigenvalue weighted by Gasteiger charge is -2.20.